The van der Waals surface area contributed by atoms with Gasteiger partial charge in [-0.1, -0.05) is 0 Å². The second-order valence-electron chi connectivity index (χ2n) is 6.17. The summed E-state index contributed by atoms with van der Waals surface area (Å²) in [6.07, 6.45) is 4.66. The molecular formula is C16H38N6. The number of nitrogens with zero attached hydrogens (tertiary/aromatic N) is 2. The van der Waals surface area contributed by atoms with E-state index < -0.39 is 0 Å². The summed E-state index contributed by atoms with van der Waals surface area (Å²) >= 11 is 0. The van der Waals surface area contributed by atoms with Crippen LogP contribution in [-0.2, 0) is 0 Å². The number of nitrogens with two attached hydrogens (primary N) is 2. The highest BCUT2D eigenvalue weighted by Gasteiger charge is 2.15. The van der Waals surface area contributed by atoms with Crippen LogP contribution in [0.2, 0.25) is 0 Å². The van der Waals surface area contributed by atoms with E-state index in [0.29, 0.717) is 0 Å². The lowest BCUT2D eigenvalue weighted by atomic mass is 10.2. The molecule has 0 unspecified atom stereocenters. The summed E-state index contributed by atoms with van der Waals surface area (Å²) in [6.45, 7) is 13.3. The van der Waals surface area contributed by atoms with Crippen LogP contribution in [0.25, 0.3) is 0 Å². The molecule has 0 spiro atoms. The average Bonchev–Trinajstić information content (AvgIpc) is 2.55. The standard InChI is InChI=1S/C16H38N6/c17-5-1-7-19-9-3-11-21-13-15-22(16-14-21)12-4-10-20-8-2-6-18/h19-20H,1-18H2. The first-order valence-corrected chi connectivity index (χ1v) is 9.13. The summed E-state index contributed by atoms with van der Waals surface area (Å²) in [6, 6.07) is 0. The zero-order valence-electron chi connectivity index (χ0n) is 14.4. The Balaban J connectivity index is 1.88. The molecular weight excluding hydrogens is 276 g/mol. The first kappa shape index (κ1) is 19.8. The number of hydrogen-bond donors (Lipinski definition) is 4. The topological polar surface area (TPSA) is 82.6 Å². The van der Waals surface area contributed by atoms with E-state index in [4.69, 9.17) is 11.5 Å². The van der Waals surface area contributed by atoms with Gasteiger partial charge in [0.2, 0.25) is 0 Å². The lowest BCUT2D eigenvalue weighted by Gasteiger charge is -2.34. The molecule has 0 aliphatic carbocycles. The summed E-state index contributed by atoms with van der Waals surface area (Å²) in [5.41, 5.74) is 11.0. The van der Waals surface area contributed by atoms with Crippen molar-refractivity contribution in [3.63, 3.8) is 0 Å². The molecule has 1 saturated heterocycles. The second-order valence-corrected chi connectivity index (χ2v) is 6.17. The van der Waals surface area contributed by atoms with Gasteiger partial charge in [0.25, 0.3) is 0 Å². The number of piperazine rings is 1. The van der Waals surface area contributed by atoms with E-state index in [2.05, 4.69) is 20.4 Å². The van der Waals surface area contributed by atoms with Crippen LogP contribution >= 0.6 is 0 Å². The minimum atomic E-state index is 0.789. The molecule has 0 aromatic rings. The monoisotopic (exact) mass is 314 g/mol. The van der Waals surface area contributed by atoms with Crippen molar-refractivity contribution in [3.8, 4) is 0 Å². The molecule has 1 aliphatic rings. The minimum Gasteiger partial charge on any atom is -0.330 e. The van der Waals surface area contributed by atoms with Crippen molar-refractivity contribution in [1.82, 2.24) is 20.4 Å². The fraction of sp³-hybridized carbons (Fsp3) is 1.00. The van der Waals surface area contributed by atoms with Gasteiger partial charge < -0.3 is 31.9 Å². The van der Waals surface area contributed by atoms with Gasteiger partial charge in [0, 0.05) is 26.2 Å². The molecule has 132 valence electrons. The van der Waals surface area contributed by atoms with Crippen molar-refractivity contribution in [2.45, 2.75) is 25.7 Å². The van der Waals surface area contributed by atoms with Crippen molar-refractivity contribution in [2.24, 2.45) is 11.5 Å². The van der Waals surface area contributed by atoms with Gasteiger partial charge in [-0.3, -0.25) is 0 Å². The zero-order chi connectivity index (χ0) is 15.9. The van der Waals surface area contributed by atoms with Crippen LogP contribution in [0, 0.1) is 0 Å². The maximum atomic E-state index is 5.48. The Morgan fingerprint density at radius 2 is 0.955 bits per heavy atom. The van der Waals surface area contributed by atoms with Crippen LogP contribution in [0.5, 0.6) is 0 Å². The fourth-order valence-corrected chi connectivity index (χ4v) is 2.80. The molecule has 22 heavy (non-hydrogen) atoms. The van der Waals surface area contributed by atoms with E-state index in [1.54, 1.807) is 0 Å². The van der Waals surface area contributed by atoms with Crippen molar-refractivity contribution in [1.29, 1.82) is 0 Å². The first-order valence-electron chi connectivity index (χ1n) is 9.13. The van der Waals surface area contributed by atoms with E-state index >= 15 is 0 Å². The van der Waals surface area contributed by atoms with E-state index in [9.17, 15) is 0 Å². The molecule has 0 amide bonds. The third-order valence-corrected chi connectivity index (χ3v) is 4.24. The van der Waals surface area contributed by atoms with Crippen LogP contribution in [0.3, 0.4) is 0 Å². The van der Waals surface area contributed by atoms with Gasteiger partial charge in [-0.15, -0.1) is 0 Å². The number of nitrogens with one attached hydrogen (secondary N) is 2. The van der Waals surface area contributed by atoms with Crippen LogP contribution in [-0.4, -0.2) is 88.3 Å². The largest absolute Gasteiger partial charge is 0.330 e. The van der Waals surface area contributed by atoms with E-state index in [-0.39, 0.29) is 0 Å². The van der Waals surface area contributed by atoms with Gasteiger partial charge in [0.15, 0.2) is 0 Å². The molecule has 6 N–H and O–H groups in total. The fourth-order valence-electron chi connectivity index (χ4n) is 2.80. The molecule has 6 nitrogen and oxygen atoms in total. The quantitative estimate of drug-likeness (QED) is 0.316. The number of rotatable bonds is 14. The maximum absolute atomic E-state index is 5.48. The zero-order valence-corrected chi connectivity index (χ0v) is 14.4. The highest BCUT2D eigenvalue weighted by Crippen LogP contribution is 2.02. The van der Waals surface area contributed by atoms with E-state index in [1.807, 2.05) is 0 Å². The summed E-state index contributed by atoms with van der Waals surface area (Å²) in [4.78, 5) is 5.20. The third-order valence-electron chi connectivity index (χ3n) is 4.24. The molecule has 1 rings (SSSR count). The minimum absolute atomic E-state index is 0.789. The molecule has 0 atom stereocenters. The van der Waals surface area contributed by atoms with Crippen LogP contribution in [0.15, 0.2) is 0 Å². The first-order chi connectivity index (χ1) is 10.9. The average molecular weight is 315 g/mol. The molecule has 0 aromatic carbocycles. The van der Waals surface area contributed by atoms with E-state index in [0.717, 1.165) is 52.1 Å². The van der Waals surface area contributed by atoms with Gasteiger partial charge in [0.05, 0.1) is 0 Å². The smallest absolute Gasteiger partial charge is 0.0110 e. The highest BCUT2D eigenvalue weighted by molar-refractivity contribution is 4.72. The Morgan fingerprint density at radius 3 is 1.32 bits per heavy atom. The van der Waals surface area contributed by atoms with Crippen LogP contribution in [0.1, 0.15) is 25.7 Å². The Hall–Kier alpha value is -0.240. The molecule has 0 aromatic heterocycles. The Bertz CT molecular complexity index is 207. The van der Waals surface area contributed by atoms with Crippen molar-refractivity contribution >= 4 is 0 Å². The number of hydrogen-bond acceptors (Lipinski definition) is 6. The molecule has 1 aliphatic heterocycles. The van der Waals surface area contributed by atoms with Crippen molar-refractivity contribution < 1.29 is 0 Å². The summed E-state index contributed by atoms with van der Waals surface area (Å²) in [5.74, 6) is 0. The highest BCUT2D eigenvalue weighted by atomic mass is 15.3. The van der Waals surface area contributed by atoms with Gasteiger partial charge >= 0.3 is 0 Å². The lowest BCUT2D eigenvalue weighted by molar-refractivity contribution is 0.130. The van der Waals surface area contributed by atoms with Crippen LogP contribution in [0.4, 0.5) is 0 Å². The summed E-state index contributed by atoms with van der Waals surface area (Å²) in [7, 11) is 0. The van der Waals surface area contributed by atoms with Gasteiger partial charge in [-0.25, -0.2) is 0 Å². The summed E-state index contributed by atoms with van der Waals surface area (Å²) in [5, 5.41) is 6.90. The van der Waals surface area contributed by atoms with Gasteiger partial charge in [0.1, 0.15) is 0 Å². The second kappa shape index (κ2) is 14.4. The predicted octanol–water partition coefficient (Wildman–Crippen LogP) is -0.739. The van der Waals surface area contributed by atoms with Gasteiger partial charge in [-0.2, -0.15) is 0 Å². The lowest BCUT2D eigenvalue weighted by Crippen LogP contribution is -2.47. The molecule has 6 heteroatoms. The Morgan fingerprint density at radius 1 is 0.591 bits per heavy atom. The Kier molecular flexibility index (Phi) is 12.9. The van der Waals surface area contributed by atoms with Crippen LogP contribution < -0.4 is 22.1 Å². The van der Waals surface area contributed by atoms with Crippen molar-refractivity contribution in [3.05, 3.63) is 0 Å². The van der Waals surface area contributed by atoms with Gasteiger partial charge in [-0.05, 0) is 78.0 Å². The molecule has 0 bridgehead atoms. The SMILES string of the molecule is NCCCNCCCN1CCN(CCCNCCCN)CC1. The molecule has 1 fully saturated rings. The van der Waals surface area contributed by atoms with E-state index in [1.165, 1.54) is 52.1 Å². The van der Waals surface area contributed by atoms with Crippen molar-refractivity contribution in [2.75, 3.05) is 78.5 Å². The predicted molar refractivity (Wildman–Crippen MR) is 95.2 cm³/mol. The molecule has 0 radical (unpaired) electrons. The Labute approximate surface area is 137 Å². The normalized spacial score (nSPS) is 17.2. The molecule has 0 saturated carbocycles. The molecule has 1 heterocycles. The third kappa shape index (κ3) is 10.5. The summed E-state index contributed by atoms with van der Waals surface area (Å²) < 4.78 is 0. The maximum Gasteiger partial charge on any atom is 0.0110 e.